The molecule has 206 valence electrons. The number of allylic oxidation sites excluding steroid dienone is 1. The second kappa shape index (κ2) is 12.7. The Morgan fingerprint density at radius 3 is 2.19 bits per heavy atom. The molecule has 0 aromatic carbocycles. The van der Waals surface area contributed by atoms with Crippen LogP contribution in [0.25, 0.3) is 0 Å². The number of ketones is 1. The zero-order valence-electron chi connectivity index (χ0n) is 23.9. The third kappa shape index (κ3) is 6.97. The lowest BCUT2D eigenvalue weighted by Crippen LogP contribution is -2.61. The maximum Gasteiger partial charge on any atom is 0.329 e. The Hall–Kier alpha value is -1.73. The van der Waals surface area contributed by atoms with E-state index in [2.05, 4.69) is 26.8 Å². The minimum Gasteiger partial charge on any atom is -0.456 e. The maximum absolute atomic E-state index is 13.4. The van der Waals surface area contributed by atoms with E-state index < -0.39 is 41.5 Å². The van der Waals surface area contributed by atoms with Crippen molar-refractivity contribution in [3.8, 4) is 0 Å². The second-order valence-electron chi connectivity index (χ2n) is 12.0. The molecule has 7 nitrogen and oxygen atoms in total. The van der Waals surface area contributed by atoms with Crippen LogP contribution in [0, 0.1) is 29.6 Å². The van der Waals surface area contributed by atoms with Crippen LogP contribution in [0.3, 0.4) is 0 Å². The van der Waals surface area contributed by atoms with Gasteiger partial charge in [-0.15, -0.1) is 0 Å². The first-order valence-corrected chi connectivity index (χ1v) is 13.8. The molecule has 0 bridgehead atoms. The van der Waals surface area contributed by atoms with Gasteiger partial charge in [-0.1, -0.05) is 61.5 Å². The number of hydrogen-bond acceptors (Lipinski definition) is 6. The van der Waals surface area contributed by atoms with Gasteiger partial charge in [-0.25, -0.2) is 4.79 Å². The van der Waals surface area contributed by atoms with Gasteiger partial charge in [0.1, 0.15) is 12.1 Å². The summed E-state index contributed by atoms with van der Waals surface area (Å²) in [5.41, 5.74) is 0.989. The van der Waals surface area contributed by atoms with Gasteiger partial charge in [-0.3, -0.25) is 9.59 Å². The maximum atomic E-state index is 13.4. The highest BCUT2D eigenvalue weighted by molar-refractivity contribution is 6.39. The molecule has 1 unspecified atom stereocenters. The summed E-state index contributed by atoms with van der Waals surface area (Å²) in [7, 11) is 0. The Morgan fingerprint density at radius 1 is 1.00 bits per heavy atom. The van der Waals surface area contributed by atoms with Crippen molar-refractivity contribution in [2.45, 2.75) is 118 Å². The van der Waals surface area contributed by atoms with E-state index in [1.54, 1.807) is 6.92 Å². The first-order chi connectivity index (χ1) is 16.7. The van der Waals surface area contributed by atoms with Crippen LogP contribution >= 0.6 is 0 Å². The number of carbonyl (C=O) groups excluding carboxylic acids is 3. The molecule has 2 heterocycles. The summed E-state index contributed by atoms with van der Waals surface area (Å²) in [6, 6.07) is -0.852. The number of hydrogen-bond donors (Lipinski definition) is 1. The van der Waals surface area contributed by atoms with Crippen molar-refractivity contribution in [1.82, 2.24) is 4.90 Å². The van der Waals surface area contributed by atoms with Gasteiger partial charge in [-0.05, 0) is 68.3 Å². The fraction of sp³-hybridized carbons (Fsp3) is 0.828. The van der Waals surface area contributed by atoms with E-state index in [1.165, 1.54) is 4.90 Å². The first-order valence-electron chi connectivity index (χ1n) is 13.8. The summed E-state index contributed by atoms with van der Waals surface area (Å²) in [6.07, 6.45) is 4.61. The van der Waals surface area contributed by atoms with Gasteiger partial charge < -0.3 is 19.5 Å². The van der Waals surface area contributed by atoms with Gasteiger partial charge in [0.05, 0.1) is 6.10 Å². The number of Topliss-reactive ketones (excluding diaryl/α,β-unsaturated/α-hetero) is 1. The normalized spacial score (nSPS) is 29.4. The molecule has 2 fully saturated rings. The molecule has 1 amide bonds. The Kier molecular flexibility index (Phi) is 10.7. The van der Waals surface area contributed by atoms with Crippen molar-refractivity contribution in [1.29, 1.82) is 0 Å². The van der Waals surface area contributed by atoms with Crippen LogP contribution in [-0.2, 0) is 23.9 Å². The molecule has 2 aliphatic rings. The lowest BCUT2D eigenvalue weighted by atomic mass is 9.84. The van der Waals surface area contributed by atoms with Gasteiger partial charge >= 0.3 is 5.97 Å². The van der Waals surface area contributed by atoms with Crippen LogP contribution < -0.4 is 0 Å². The van der Waals surface area contributed by atoms with Crippen LogP contribution in [0.2, 0.25) is 0 Å². The number of nitrogens with zero attached hydrogens (tertiary/aromatic N) is 1. The zero-order chi connectivity index (χ0) is 27.4. The van der Waals surface area contributed by atoms with Gasteiger partial charge in [0.15, 0.2) is 0 Å². The average Bonchev–Trinajstić information content (AvgIpc) is 2.82. The van der Waals surface area contributed by atoms with Crippen molar-refractivity contribution in [3.05, 3.63) is 11.6 Å². The summed E-state index contributed by atoms with van der Waals surface area (Å²) >= 11 is 0. The smallest absolute Gasteiger partial charge is 0.329 e. The molecular formula is C29H49NO6. The minimum absolute atomic E-state index is 0.0594. The fourth-order valence-corrected chi connectivity index (χ4v) is 5.13. The standard InChI is InChI=1S/C29H49NO6/c1-17(2)20(7)16-21(8)25(19(5)6)35-28(33)23-12-10-11-15-30(23)27(32)26(31)29(34)22(9)13-14-24(36-29)18(3)4/h16-20,22-25,34H,10-15H2,1-9H3/b21-16+/t20-,22-,23+,24?,25+,29-/m1/s1. The topological polar surface area (TPSA) is 93.1 Å². The van der Waals surface area contributed by atoms with E-state index in [0.717, 1.165) is 18.4 Å². The van der Waals surface area contributed by atoms with Crippen LogP contribution in [-0.4, -0.2) is 58.2 Å². The minimum atomic E-state index is -2.18. The van der Waals surface area contributed by atoms with Crippen molar-refractivity contribution >= 4 is 17.7 Å². The molecule has 0 aromatic rings. The molecule has 6 atom stereocenters. The molecule has 0 radical (unpaired) electrons. The van der Waals surface area contributed by atoms with E-state index >= 15 is 0 Å². The van der Waals surface area contributed by atoms with Crippen molar-refractivity contribution < 1.29 is 29.0 Å². The predicted octanol–water partition coefficient (Wildman–Crippen LogP) is 4.90. The Balaban J connectivity index is 2.23. The summed E-state index contributed by atoms with van der Waals surface area (Å²) in [4.78, 5) is 41.5. The summed E-state index contributed by atoms with van der Waals surface area (Å²) in [5, 5.41) is 11.2. The third-order valence-corrected chi connectivity index (χ3v) is 8.06. The highest BCUT2D eigenvalue weighted by Crippen LogP contribution is 2.36. The lowest BCUT2D eigenvalue weighted by molar-refractivity contribution is -0.269. The quantitative estimate of drug-likeness (QED) is 0.271. The van der Waals surface area contributed by atoms with Gasteiger partial charge in [0.25, 0.3) is 11.7 Å². The Labute approximate surface area is 218 Å². The lowest BCUT2D eigenvalue weighted by Gasteiger charge is -2.43. The number of esters is 1. The van der Waals surface area contributed by atoms with E-state index in [1.807, 2.05) is 34.6 Å². The average molecular weight is 508 g/mol. The second-order valence-corrected chi connectivity index (χ2v) is 12.0. The molecule has 2 aliphatic heterocycles. The number of aliphatic hydroxyl groups is 1. The highest BCUT2D eigenvalue weighted by atomic mass is 16.6. The van der Waals surface area contributed by atoms with Gasteiger partial charge in [-0.2, -0.15) is 0 Å². The largest absolute Gasteiger partial charge is 0.456 e. The SMILES string of the molecule is C/C(=C\[C@@H](C)C(C)C)[C@@H](OC(=O)[C@@H]1CCCCN1C(=O)C(=O)[C@]1(O)OC(C(C)C)CC[C@H]1C)C(C)C. The van der Waals surface area contributed by atoms with E-state index in [9.17, 15) is 19.5 Å². The molecule has 2 saturated heterocycles. The number of piperidine rings is 1. The molecule has 0 aliphatic carbocycles. The van der Waals surface area contributed by atoms with Crippen molar-refractivity contribution in [2.75, 3.05) is 6.54 Å². The molecule has 0 aromatic heterocycles. The summed E-state index contributed by atoms with van der Waals surface area (Å²) in [5.74, 6) is -4.07. The molecule has 0 spiro atoms. The number of amides is 1. The molecule has 2 rings (SSSR count). The van der Waals surface area contributed by atoms with E-state index in [4.69, 9.17) is 9.47 Å². The predicted molar refractivity (Wildman–Crippen MR) is 140 cm³/mol. The third-order valence-electron chi connectivity index (χ3n) is 8.06. The zero-order valence-corrected chi connectivity index (χ0v) is 23.9. The number of carbonyl (C=O) groups is 3. The van der Waals surface area contributed by atoms with Crippen LogP contribution in [0.5, 0.6) is 0 Å². The molecule has 1 N–H and O–H groups in total. The van der Waals surface area contributed by atoms with E-state index in [0.29, 0.717) is 31.1 Å². The van der Waals surface area contributed by atoms with Crippen LogP contribution in [0.4, 0.5) is 0 Å². The molecule has 36 heavy (non-hydrogen) atoms. The Morgan fingerprint density at radius 2 is 1.64 bits per heavy atom. The Bertz CT molecular complexity index is 819. The monoisotopic (exact) mass is 507 g/mol. The molecule has 7 heteroatoms. The number of ether oxygens (including phenoxy) is 2. The fourth-order valence-electron chi connectivity index (χ4n) is 5.13. The molecular weight excluding hydrogens is 458 g/mol. The summed E-state index contributed by atoms with van der Waals surface area (Å²) in [6.45, 7) is 18.4. The van der Waals surface area contributed by atoms with E-state index in [-0.39, 0.29) is 24.5 Å². The van der Waals surface area contributed by atoms with Crippen LogP contribution in [0.1, 0.15) is 94.4 Å². The van der Waals surface area contributed by atoms with Crippen molar-refractivity contribution in [3.63, 3.8) is 0 Å². The first kappa shape index (κ1) is 30.5. The van der Waals surface area contributed by atoms with Gasteiger partial charge in [0.2, 0.25) is 5.79 Å². The van der Waals surface area contributed by atoms with Crippen LogP contribution in [0.15, 0.2) is 11.6 Å². The highest BCUT2D eigenvalue weighted by Gasteiger charge is 2.53. The molecule has 0 saturated carbocycles. The summed E-state index contributed by atoms with van der Waals surface area (Å²) < 4.78 is 11.8. The van der Waals surface area contributed by atoms with Crippen molar-refractivity contribution in [2.24, 2.45) is 29.6 Å². The number of rotatable bonds is 9. The number of likely N-dealkylation sites (tertiary alicyclic amines) is 1. The van der Waals surface area contributed by atoms with Gasteiger partial charge in [0, 0.05) is 12.5 Å².